The van der Waals surface area contributed by atoms with Crippen LogP contribution in [0.3, 0.4) is 0 Å². The summed E-state index contributed by atoms with van der Waals surface area (Å²) in [6, 6.07) is 7.63. The maximum atomic E-state index is 13.2. The molecule has 14 nitrogen and oxygen atoms in total. The number of fused-ring (bicyclic) bond motifs is 1. The average molecular weight is 603 g/mol. The van der Waals surface area contributed by atoms with Crippen LogP contribution in [-0.4, -0.2) is 126 Å². The molecule has 5 heterocycles. The van der Waals surface area contributed by atoms with Gasteiger partial charge in [0.1, 0.15) is 0 Å². The molecule has 0 radical (unpaired) electrons. The van der Waals surface area contributed by atoms with Crippen molar-refractivity contribution in [3.63, 3.8) is 0 Å². The number of nitrogen functional groups attached to an aromatic ring is 1. The molecule has 3 aliphatic heterocycles. The Kier molecular flexibility index (Phi) is 8.70. The van der Waals surface area contributed by atoms with Gasteiger partial charge in [-0.2, -0.15) is 10.0 Å². The highest BCUT2D eigenvalue weighted by molar-refractivity contribution is 5.94. The minimum atomic E-state index is -0.483. The number of hydrogen-bond acceptors (Lipinski definition) is 12. The lowest BCUT2D eigenvalue weighted by Crippen LogP contribution is -2.47. The maximum Gasteiger partial charge on any atom is 0.434 e. The van der Waals surface area contributed by atoms with E-state index in [0.29, 0.717) is 80.8 Å². The highest BCUT2D eigenvalue weighted by Gasteiger charge is 2.31. The van der Waals surface area contributed by atoms with Gasteiger partial charge in [-0.15, -0.1) is 0 Å². The third kappa shape index (κ3) is 6.50. The molecule has 14 heteroatoms. The van der Waals surface area contributed by atoms with Gasteiger partial charge in [-0.3, -0.25) is 4.79 Å². The lowest BCUT2D eigenvalue weighted by Gasteiger charge is -2.32. The number of likely N-dealkylation sites (N-methyl/N-ethyl adjacent to an activating group) is 2. The number of carbonyl (C=O) groups excluding carboxylic acids is 2. The maximum absolute atomic E-state index is 13.2. The Morgan fingerprint density at radius 3 is 2.39 bits per heavy atom. The number of nitrogens with two attached hydrogens (primary N) is 1. The van der Waals surface area contributed by atoms with E-state index in [1.807, 2.05) is 29.2 Å². The van der Waals surface area contributed by atoms with E-state index in [1.54, 1.807) is 29.4 Å². The minimum absolute atomic E-state index is 0.0592. The van der Waals surface area contributed by atoms with Crippen molar-refractivity contribution in [1.82, 2.24) is 34.6 Å². The largest absolute Gasteiger partial charge is 0.434 e. The first kappa shape index (κ1) is 29.5. The molecule has 232 valence electrons. The van der Waals surface area contributed by atoms with E-state index in [2.05, 4.69) is 26.8 Å². The molecule has 6 rings (SSSR count). The van der Waals surface area contributed by atoms with E-state index in [9.17, 15) is 9.59 Å². The smallest absolute Gasteiger partial charge is 0.378 e. The number of aromatic nitrogens is 4. The Balaban J connectivity index is 1.10. The predicted octanol–water partition coefficient (Wildman–Crippen LogP) is 1.33. The van der Waals surface area contributed by atoms with Gasteiger partial charge in [0.15, 0.2) is 5.82 Å². The quantitative estimate of drug-likeness (QED) is 0.416. The van der Waals surface area contributed by atoms with Gasteiger partial charge in [0, 0.05) is 81.9 Å². The number of morpholine rings is 1. The summed E-state index contributed by atoms with van der Waals surface area (Å²) < 4.78 is 5.51. The first-order chi connectivity index (χ1) is 21.4. The Morgan fingerprint density at radius 2 is 1.68 bits per heavy atom. The molecule has 0 saturated carbocycles. The van der Waals surface area contributed by atoms with Crippen molar-refractivity contribution in [2.24, 2.45) is 0 Å². The lowest BCUT2D eigenvalue weighted by atomic mass is 10.1. The Morgan fingerprint density at radius 1 is 0.977 bits per heavy atom. The number of piperazine rings is 1. The molecule has 2 amide bonds. The van der Waals surface area contributed by atoms with Gasteiger partial charge in [-0.1, -0.05) is 12.1 Å². The summed E-state index contributed by atoms with van der Waals surface area (Å²) in [5.41, 5.74) is 9.70. The standard InChI is InChI=1S/C30H38N10O4/c1-36-11-13-38(14-12-36)27(41)22-5-3-21(4-6-22)7-9-37(2)30(42)44-40-10-8-24-25(23-19-32-28(31)33-20-23)34-29(35-26(24)40)39-15-17-43-18-16-39/h3-6,19-20H,7-18H2,1-2H3,(H2,31,32,33). The molecule has 0 unspecified atom stereocenters. The number of nitrogens with zero attached hydrogens (tertiary/aromatic N) is 9. The molecular formula is C30H38N10O4. The van der Waals surface area contributed by atoms with Crippen molar-refractivity contribution in [2.75, 3.05) is 95.4 Å². The molecule has 2 saturated heterocycles. The van der Waals surface area contributed by atoms with E-state index in [-0.39, 0.29) is 11.9 Å². The molecule has 1 aromatic carbocycles. The summed E-state index contributed by atoms with van der Waals surface area (Å²) >= 11 is 0. The van der Waals surface area contributed by atoms with Gasteiger partial charge in [-0.05, 0) is 37.6 Å². The van der Waals surface area contributed by atoms with Crippen LogP contribution in [0.5, 0.6) is 0 Å². The summed E-state index contributed by atoms with van der Waals surface area (Å²) in [7, 11) is 3.78. The van der Waals surface area contributed by atoms with E-state index in [0.717, 1.165) is 37.3 Å². The zero-order valence-electron chi connectivity index (χ0n) is 25.2. The molecule has 0 bridgehead atoms. The molecular weight excluding hydrogens is 564 g/mol. The third-order valence-corrected chi connectivity index (χ3v) is 8.24. The molecule has 3 aromatic rings. The van der Waals surface area contributed by atoms with Gasteiger partial charge in [0.05, 0.1) is 25.5 Å². The SMILES string of the molecule is CN1CCN(C(=O)c2ccc(CCN(C)C(=O)ON3CCc4c(-c5cnc(N)nc5)nc(N5CCOCC5)nc43)cc2)CC1. The molecule has 0 aliphatic carbocycles. The zero-order valence-corrected chi connectivity index (χ0v) is 25.2. The number of hydrogen-bond donors (Lipinski definition) is 1. The van der Waals surface area contributed by atoms with Crippen molar-refractivity contribution in [3.8, 4) is 11.3 Å². The van der Waals surface area contributed by atoms with Crippen LogP contribution in [0.2, 0.25) is 0 Å². The van der Waals surface area contributed by atoms with Gasteiger partial charge < -0.3 is 34.9 Å². The fourth-order valence-electron chi connectivity index (χ4n) is 5.47. The van der Waals surface area contributed by atoms with Crippen molar-refractivity contribution in [1.29, 1.82) is 0 Å². The van der Waals surface area contributed by atoms with Crippen LogP contribution in [0.1, 0.15) is 21.5 Å². The zero-order chi connectivity index (χ0) is 30.6. The third-order valence-electron chi connectivity index (χ3n) is 8.24. The number of rotatable bonds is 7. The summed E-state index contributed by atoms with van der Waals surface area (Å²) in [5, 5.41) is 1.54. The molecule has 44 heavy (non-hydrogen) atoms. The second kappa shape index (κ2) is 13.0. The van der Waals surface area contributed by atoms with Gasteiger partial charge in [0.2, 0.25) is 11.9 Å². The fourth-order valence-corrected chi connectivity index (χ4v) is 5.47. The van der Waals surface area contributed by atoms with Gasteiger partial charge in [0.25, 0.3) is 5.91 Å². The molecule has 0 spiro atoms. The number of anilines is 3. The number of benzene rings is 1. The van der Waals surface area contributed by atoms with Crippen LogP contribution >= 0.6 is 0 Å². The van der Waals surface area contributed by atoms with E-state index in [4.69, 9.17) is 25.3 Å². The molecule has 3 aliphatic rings. The topological polar surface area (TPSA) is 146 Å². The Hall–Kier alpha value is -4.56. The summed E-state index contributed by atoms with van der Waals surface area (Å²) in [4.78, 5) is 57.5. The summed E-state index contributed by atoms with van der Waals surface area (Å²) in [5.74, 6) is 1.32. The number of carbonyl (C=O) groups is 2. The van der Waals surface area contributed by atoms with Gasteiger partial charge in [-0.25, -0.2) is 19.7 Å². The summed E-state index contributed by atoms with van der Waals surface area (Å²) in [6.45, 7) is 6.62. The highest BCUT2D eigenvalue weighted by atomic mass is 16.7. The van der Waals surface area contributed by atoms with E-state index < -0.39 is 6.09 Å². The normalized spacial score (nSPS) is 17.0. The van der Waals surface area contributed by atoms with E-state index in [1.165, 1.54) is 0 Å². The molecule has 2 aromatic heterocycles. The van der Waals surface area contributed by atoms with Gasteiger partial charge >= 0.3 is 6.09 Å². The highest BCUT2D eigenvalue weighted by Crippen LogP contribution is 2.35. The second-order valence-corrected chi connectivity index (χ2v) is 11.3. The van der Waals surface area contributed by atoms with Crippen LogP contribution in [0, 0.1) is 0 Å². The average Bonchev–Trinajstić information content (AvgIpc) is 3.46. The van der Waals surface area contributed by atoms with Crippen molar-refractivity contribution >= 4 is 29.7 Å². The van der Waals surface area contributed by atoms with E-state index >= 15 is 0 Å². The predicted molar refractivity (Wildman–Crippen MR) is 164 cm³/mol. The number of hydroxylamine groups is 1. The van der Waals surface area contributed by atoms with Crippen molar-refractivity contribution in [3.05, 3.63) is 53.3 Å². The molecule has 2 N–H and O–H groups in total. The minimum Gasteiger partial charge on any atom is -0.378 e. The number of ether oxygens (including phenoxy) is 1. The van der Waals surface area contributed by atoms with Crippen LogP contribution < -0.4 is 15.7 Å². The first-order valence-corrected chi connectivity index (χ1v) is 14.9. The number of amides is 2. The molecule has 2 fully saturated rings. The fraction of sp³-hybridized carbons (Fsp3) is 0.467. The second-order valence-electron chi connectivity index (χ2n) is 11.3. The monoisotopic (exact) mass is 602 g/mol. The van der Waals surface area contributed by atoms with Crippen molar-refractivity contribution < 1.29 is 19.2 Å². The van der Waals surface area contributed by atoms with Crippen molar-refractivity contribution in [2.45, 2.75) is 12.8 Å². The summed E-state index contributed by atoms with van der Waals surface area (Å²) in [6.07, 6.45) is 4.02. The van der Waals surface area contributed by atoms with Crippen LogP contribution in [0.15, 0.2) is 36.7 Å². The molecule has 0 atom stereocenters. The Labute approximate surface area is 256 Å². The lowest BCUT2D eigenvalue weighted by molar-refractivity contribution is 0.0664. The van der Waals surface area contributed by atoms with Crippen LogP contribution in [0.4, 0.5) is 22.5 Å². The van der Waals surface area contributed by atoms with Crippen LogP contribution in [0.25, 0.3) is 11.3 Å². The van der Waals surface area contributed by atoms with Crippen LogP contribution in [-0.2, 0) is 22.4 Å². The Bertz CT molecular complexity index is 1470. The first-order valence-electron chi connectivity index (χ1n) is 14.9.